The summed E-state index contributed by atoms with van der Waals surface area (Å²) in [5, 5.41) is 0. The lowest BCUT2D eigenvalue weighted by Crippen LogP contribution is -2.37. The van der Waals surface area contributed by atoms with E-state index in [0.29, 0.717) is 11.3 Å². The molecule has 0 bridgehead atoms. The highest BCUT2D eigenvalue weighted by atomic mass is 19.4. The number of nitrogens with zero attached hydrogens (tertiary/aromatic N) is 1. The molecule has 0 N–H and O–H groups in total. The molecule has 2 aromatic carbocycles. The van der Waals surface area contributed by atoms with Gasteiger partial charge in [0.2, 0.25) is 5.91 Å². The molecule has 0 aromatic heterocycles. The Morgan fingerprint density at radius 3 is 2.26 bits per heavy atom. The summed E-state index contributed by atoms with van der Waals surface area (Å²) >= 11 is 0. The molecule has 2 heterocycles. The minimum Gasteiger partial charge on any atom is -0.456 e. The molecule has 0 spiro atoms. The standard InChI is InChI=1S/C20H14F3NO3/c21-20(22,23)13-6-8-14(9-7-13)24-16-11-27-19(26)18(16)15(10-17(24)25)12-4-2-1-3-5-12/h1-9,15H,10-11H2. The first-order chi connectivity index (χ1) is 12.9. The molecular weight excluding hydrogens is 359 g/mol. The maximum absolute atomic E-state index is 12.8. The topological polar surface area (TPSA) is 46.6 Å². The van der Waals surface area contributed by atoms with E-state index < -0.39 is 23.6 Å². The number of esters is 1. The number of rotatable bonds is 2. The number of halogens is 3. The van der Waals surface area contributed by atoms with Crippen molar-refractivity contribution < 1.29 is 27.5 Å². The van der Waals surface area contributed by atoms with Crippen molar-refractivity contribution in [3.63, 3.8) is 0 Å². The van der Waals surface area contributed by atoms with Gasteiger partial charge >= 0.3 is 12.1 Å². The maximum Gasteiger partial charge on any atom is 0.416 e. The Kier molecular flexibility index (Phi) is 4.02. The minimum absolute atomic E-state index is 0.0406. The second-order valence-corrected chi connectivity index (χ2v) is 6.38. The van der Waals surface area contributed by atoms with Crippen molar-refractivity contribution in [1.82, 2.24) is 0 Å². The summed E-state index contributed by atoms with van der Waals surface area (Å²) in [5.41, 5.74) is 1.09. The summed E-state index contributed by atoms with van der Waals surface area (Å²) in [6.45, 7) is -0.0791. The van der Waals surface area contributed by atoms with Gasteiger partial charge in [-0.25, -0.2) is 4.79 Å². The number of anilines is 1. The highest BCUT2D eigenvalue weighted by molar-refractivity contribution is 6.06. The molecule has 1 unspecified atom stereocenters. The van der Waals surface area contributed by atoms with E-state index in [-0.39, 0.29) is 24.6 Å². The molecule has 0 saturated carbocycles. The number of alkyl halides is 3. The molecule has 4 rings (SSSR count). The first-order valence-electron chi connectivity index (χ1n) is 8.31. The summed E-state index contributed by atoms with van der Waals surface area (Å²) in [7, 11) is 0. The van der Waals surface area contributed by atoms with Crippen molar-refractivity contribution in [2.24, 2.45) is 0 Å². The molecule has 0 saturated heterocycles. The molecule has 2 aliphatic heterocycles. The smallest absolute Gasteiger partial charge is 0.416 e. The largest absolute Gasteiger partial charge is 0.456 e. The zero-order valence-electron chi connectivity index (χ0n) is 14.0. The molecule has 2 aromatic rings. The van der Waals surface area contributed by atoms with Crippen LogP contribution in [0.5, 0.6) is 0 Å². The zero-order chi connectivity index (χ0) is 19.2. The highest BCUT2D eigenvalue weighted by Crippen LogP contribution is 2.42. The number of benzene rings is 2. The lowest BCUT2D eigenvalue weighted by molar-refractivity contribution is -0.138. The molecule has 2 aliphatic rings. The lowest BCUT2D eigenvalue weighted by atomic mass is 9.84. The molecule has 138 valence electrons. The average Bonchev–Trinajstić information content (AvgIpc) is 3.03. The SMILES string of the molecule is O=C1OCC2=C1C(c1ccccc1)CC(=O)N2c1ccc(C(F)(F)F)cc1. The third-order valence-electron chi connectivity index (χ3n) is 4.77. The van der Waals surface area contributed by atoms with Gasteiger partial charge in [0.05, 0.1) is 16.8 Å². The first kappa shape index (κ1) is 17.3. The fourth-order valence-corrected chi connectivity index (χ4v) is 3.52. The number of carbonyl (C=O) groups is 2. The Balaban J connectivity index is 1.77. The summed E-state index contributed by atoms with van der Waals surface area (Å²) in [4.78, 5) is 26.4. The molecule has 0 radical (unpaired) electrons. The van der Waals surface area contributed by atoms with Crippen LogP contribution in [0.25, 0.3) is 0 Å². The first-order valence-corrected chi connectivity index (χ1v) is 8.31. The van der Waals surface area contributed by atoms with E-state index in [1.165, 1.54) is 17.0 Å². The maximum atomic E-state index is 12.8. The fraction of sp³-hybridized carbons (Fsp3) is 0.200. The summed E-state index contributed by atoms with van der Waals surface area (Å²) in [6, 6.07) is 13.5. The number of amides is 1. The molecule has 1 atom stereocenters. The van der Waals surface area contributed by atoms with Crippen molar-refractivity contribution in [1.29, 1.82) is 0 Å². The van der Waals surface area contributed by atoms with Gasteiger partial charge in [0, 0.05) is 18.0 Å². The quantitative estimate of drug-likeness (QED) is 0.747. The molecule has 4 nitrogen and oxygen atoms in total. The fourth-order valence-electron chi connectivity index (χ4n) is 3.52. The number of hydrogen-bond donors (Lipinski definition) is 0. The van der Waals surface area contributed by atoms with E-state index in [9.17, 15) is 22.8 Å². The number of carbonyl (C=O) groups excluding carboxylic acids is 2. The second-order valence-electron chi connectivity index (χ2n) is 6.38. The van der Waals surface area contributed by atoms with Gasteiger partial charge in [-0.05, 0) is 29.8 Å². The van der Waals surface area contributed by atoms with Gasteiger partial charge in [0.15, 0.2) is 0 Å². The lowest BCUT2D eigenvalue weighted by Gasteiger charge is -2.32. The number of cyclic esters (lactones) is 1. The third-order valence-corrected chi connectivity index (χ3v) is 4.77. The van der Waals surface area contributed by atoms with E-state index in [4.69, 9.17) is 4.74 Å². The summed E-state index contributed by atoms with van der Waals surface area (Å²) < 4.78 is 43.5. The molecule has 7 heteroatoms. The third kappa shape index (κ3) is 2.99. The van der Waals surface area contributed by atoms with Crippen molar-refractivity contribution >= 4 is 17.6 Å². The van der Waals surface area contributed by atoms with Crippen LogP contribution < -0.4 is 4.90 Å². The van der Waals surface area contributed by atoms with Crippen LogP contribution in [0.1, 0.15) is 23.5 Å². The normalized spacial score (nSPS) is 20.0. The predicted molar refractivity (Wildman–Crippen MR) is 90.7 cm³/mol. The van der Waals surface area contributed by atoms with Crippen LogP contribution in [-0.4, -0.2) is 18.5 Å². The van der Waals surface area contributed by atoms with Gasteiger partial charge in [-0.15, -0.1) is 0 Å². The van der Waals surface area contributed by atoms with Crippen LogP contribution in [0, 0.1) is 0 Å². The van der Waals surface area contributed by atoms with Gasteiger partial charge in [-0.1, -0.05) is 30.3 Å². The summed E-state index contributed by atoms with van der Waals surface area (Å²) in [6.07, 6.45) is -4.42. The minimum atomic E-state index is -4.46. The molecule has 0 fully saturated rings. The van der Waals surface area contributed by atoms with Gasteiger partial charge in [0.25, 0.3) is 0 Å². The second kappa shape index (κ2) is 6.26. The number of hydrogen-bond acceptors (Lipinski definition) is 3. The van der Waals surface area contributed by atoms with Gasteiger partial charge in [-0.3, -0.25) is 9.69 Å². The van der Waals surface area contributed by atoms with Crippen molar-refractivity contribution in [3.8, 4) is 0 Å². The summed E-state index contributed by atoms with van der Waals surface area (Å²) in [5.74, 6) is -1.21. The van der Waals surface area contributed by atoms with Crippen LogP contribution in [0.4, 0.5) is 18.9 Å². The Morgan fingerprint density at radius 1 is 0.963 bits per heavy atom. The Labute approximate surface area is 152 Å². The van der Waals surface area contributed by atoms with Crippen LogP contribution >= 0.6 is 0 Å². The van der Waals surface area contributed by atoms with Gasteiger partial charge in [-0.2, -0.15) is 13.2 Å². The molecule has 27 heavy (non-hydrogen) atoms. The predicted octanol–water partition coefficient (Wildman–Crippen LogP) is 4.04. The Hall–Kier alpha value is -3.09. The van der Waals surface area contributed by atoms with E-state index in [0.717, 1.165) is 17.7 Å². The van der Waals surface area contributed by atoms with E-state index in [2.05, 4.69) is 0 Å². The van der Waals surface area contributed by atoms with Gasteiger partial charge in [0.1, 0.15) is 6.61 Å². The Morgan fingerprint density at radius 2 is 1.63 bits per heavy atom. The molecular formula is C20H14F3NO3. The van der Waals surface area contributed by atoms with Crippen molar-refractivity contribution in [2.45, 2.75) is 18.5 Å². The highest BCUT2D eigenvalue weighted by Gasteiger charge is 2.43. The van der Waals surface area contributed by atoms with Crippen molar-refractivity contribution in [2.75, 3.05) is 11.5 Å². The molecule has 1 amide bonds. The van der Waals surface area contributed by atoms with Crippen LogP contribution in [0.15, 0.2) is 65.9 Å². The van der Waals surface area contributed by atoms with Crippen LogP contribution in [0.3, 0.4) is 0 Å². The average molecular weight is 373 g/mol. The van der Waals surface area contributed by atoms with Crippen LogP contribution in [-0.2, 0) is 20.5 Å². The van der Waals surface area contributed by atoms with Gasteiger partial charge < -0.3 is 4.74 Å². The van der Waals surface area contributed by atoms with Crippen molar-refractivity contribution in [3.05, 3.63) is 77.0 Å². The zero-order valence-corrected chi connectivity index (χ0v) is 14.0. The van der Waals surface area contributed by atoms with Crippen LogP contribution in [0.2, 0.25) is 0 Å². The van der Waals surface area contributed by atoms with E-state index in [1.54, 1.807) is 0 Å². The van der Waals surface area contributed by atoms with E-state index >= 15 is 0 Å². The molecule has 0 aliphatic carbocycles. The Bertz CT molecular complexity index is 933. The number of ether oxygens (including phenoxy) is 1. The monoisotopic (exact) mass is 373 g/mol. The van der Waals surface area contributed by atoms with E-state index in [1.807, 2.05) is 30.3 Å².